The molecule has 1 aliphatic rings. The van der Waals surface area contributed by atoms with Gasteiger partial charge in [-0.3, -0.25) is 0 Å². The van der Waals surface area contributed by atoms with E-state index in [4.69, 9.17) is 21.1 Å². The number of halogens is 1. The van der Waals surface area contributed by atoms with Crippen LogP contribution in [0, 0.1) is 5.92 Å². The number of nitrogens with one attached hydrogen (secondary N) is 1. The molecule has 1 saturated carbocycles. The Hall–Kier alpha value is -2.02. The van der Waals surface area contributed by atoms with E-state index in [-0.39, 0.29) is 11.7 Å². The molecule has 25 heavy (non-hydrogen) atoms. The van der Waals surface area contributed by atoms with Gasteiger partial charge in [0.25, 0.3) is 0 Å². The van der Waals surface area contributed by atoms with E-state index in [9.17, 15) is 4.79 Å². The molecule has 136 valence electrons. The number of hydrogen-bond donors (Lipinski definition) is 1. The molecular formula is C17H23ClN4O3. The topological polar surface area (TPSA) is 77.8 Å². The summed E-state index contributed by atoms with van der Waals surface area (Å²) in [6.07, 6.45) is 4.56. The summed E-state index contributed by atoms with van der Waals surface area (Å²) in [6.45, 7) is 8.13. The molecule has 2 aromatic rings. The van der Waals surface area contributed by atoms with Crippen LogP contribution in [0.5, 0.6) is 5.88 Å². The van der Waals surface area contributed by atoms with Gasteiger partial charge in [0.05, 0.1) is 12.4 Å². The van der Waals surface area contributed by atoms with E-state index >= 15 is 0 Å². The van der Waals surface area contributed by atoms with Gasteiger partial charge in [0.15, 0.2) is 5.15 Å². The molecule has 0 aliphatic heterocycles. The van der Waals surface area contributed by atoms with Crippen LogP contribution in [0.15, 0.2) is 18.5 Å². The first-order valence-corrected chi connectivity index (χ1v) is 8.67. The third kappa shape index (κ3) is 4.34. The summed E-state index contributed by atoms with van der Waals surface area (Å²) in [6, 6.07) is 1.84. The second-order valence-corrected chi connectivity index (χ2v) is 8.13. The first-order chi connectivity index (χ1) is 11.6. The second kappa shape index (κ2) is 6.37. The fraction of sp³-hybridized carbons (Fsp3) is 0.588. The molecule has 1 aliphatic carbocycles. The molecule has 1 fully saturated rings. The van der Waals surface area contributed by atoms with Crippen molar-refractivity contribution in [2.45, 2.75) is 51.7 Å². The monoisotopic (exact) mass is 366 g/mol. The predicted octanol–water partition coefficient (Wildman–Crippen LogP) is 3.45. The van der Waals surface area contributed by atoms with E-state index in [1.54, 1.807) is 16.9 Å². The maximum atomic E-state index is 11.7. The minimum atomic E-state index is -0.490. The van der Waals surface area contributed by atoms with Crippen LogP contribution in [-0.2, 0) is 4.74 Å². The van der Waals surface area contributed by atoms with Crippen molar-refractivity contribution in [3.8, 4) is 5.88 Å². The third-order valence-corrected chi connectivity index (χ3v) is 4.23. The fourth-order valence-corrected chi connectivity index (χ4v) is 3.28. The molecule has 3 rings (SSSR count). The van der Waals surface area contributed by atoms with Crippen LogP contribution in [0.3, 0.4) is 0 Å². The van der Waals surface area contributed by atoms with Crippen molar-refractivity contribution in [1.82, 2.24) is 19.9 Å². The van der Waals surface area contributed by atoms with Crippen molar-refractivity contribution in [2.75, 3.05) is 6.54 Å². The average Bonchev–Trinajstić information content (AvgIpc) is 2.89. The van der Waals surface area contributed by atoms with E-state index in [0.717, 1.165) is 18.4 Å². The van der Waals surface area contributed by atoms with E-state index < -0.39 is 5.60 Å². The Kier molecular flexibility index (Phi) is 4.53. The number of carbonyl (C=O) groups excluding carboxylic acids is 1. The van der Waals surface area contributed by atoms with Crippen LogP contribution in [0.25, 0.3) is 5.52 Å². The maximum Gasteiger partial charge on any atom is 0.407 e. The zero-order valence-corrected chi connectivity index (χ0v) is 15.6. The molecule has 0 radical (unpaired) electrons. The lowest BCUT2D eigenvalue weighted by atomic mass is 9.72. The van der Waals surface area contributed by atoms with Gasteiger partial charge in [-0.1, -0.05) is 11.6 Å². The van der Waals surface area contributed by atoms with Crippen LogP contribution < -0.4 is 10.1 Å². The molecule has 2 heterocycles. The lowest BCUT2D eigenvalue weighted by Crippen LogP contribution is -2.50. The second-order valence-electron chi connectivity index (χ2n) is 7.74. The number of rotatable bonds is 4. The first kappa shape index (κ1) is 17.8. The number of carbonyl (C=O) groups is 1. The molecule has 0 saturated heterocycles. The molecule has 2 aromatic heterocycles. The number of hydrogen-bond acceptors (Lipinski definition) is 5. The van der Waals surface area contributed by atoms with Crippen molar-refractivity contribution in [3.05, 3.63) is 23.6 Å². The highest BCUT2D eigenvalue weighted by atomic mass is 35.5. The van der Waals surface area contributed by atoms with Crippen LogP contribution in [0.4, 0.5) is 4.79 Å². The number of alkyl carbamates (subject to hydrolysis) is 1. The summed E-state index contributed by atoms with van der Waals surface area (Å²) in [5.41, 5.74) is -0.0419. The summed E-state index contributed by atoms with van der Waals surface area (Å²) in [7, 11) is 0. The number of amides is 1. The normalized spacial score (nSPS) is 23.2. The van der Waals surface area contributed by atoms with Crippen molar-refractivity contribution >= 4 is 23.2 Å². The highest BCUT2D eigenvalue weighted by Crippen LogP contribution is 2.41. The van der Waals surface area contributed by atoms with Gasteiger partial charge < -0.3 is 14.8 Å². The van der Waals surface area contributed by atoms with Crippen molar-refractivity contribution in [2.24, 2.45) is 5.92 Å². The average molecular weight is 367 g/mol. The molecular weight excluding hydrogens is 344 g/mol. The van der Waals surface area contributed by atoms with Gasteiger partial charge in [0.2, 0.25) is 5.88 Å². The zero-order chi connectivity index (χ0) is 18.2. The largest absolute Gasteiger partial charge is 0.470 e. The van der Waals surface area contributed by atoms with E-state index in [1.807, 2.05) is 33.8 Å². The standard InChI is InChI=1S/C17H23ClN4O3/c1-16(2,3)25-15(23)19-9-11-7-17(4,8-11)24-14-12-5-6-20-22(12)10-13(18)21-14/h5-6,10-11H,7-9H2,1-4H3,(H,19,23). The van der Waals surface area contributed by atoms with Crippen molar-refractivity contribution in [3.63, 3.8) is 0 Å². The first-order valence-electron chi connectivity index (χ1n) is 8.29. The summed E-state index contributed by atoms with van der Waals surface area (Å²) in [4.78, 5) is 16.0. The van der Waals surface area contributed by atoms with E-state index in [2.05, 4.69) is 15.4 Å². The van der Waals surface area contributed by atoms with Crippen LogP contribution in [0.2, 0.25) is 5.15 Å². The maximum absolute atomic E-state index is 11.7. The molecule has 0 atom stereocenters. The fourth-order valence-electron chi connectivity index (χ4n) is 3.11. The third-order valence-electron chi connectivity index (χ3n) is 4.04. The summed E-state index contributed by atoms with van der Waals surface area (Å²) >= 11 is 6.02. The summed E-state index contributed by atoms with van der Waals surface area (Å²) < 4.78 is 13.0. The highest BCUT2D eigenvalue weighted by molar-refractivity contribution is 6.29. The van der Waals surface area contributed by atoms with E-state index in [1.165, 1.54) is 0 Å². The number of aromatic nitrogens is 3. The smallest absolute Gasteiger partial charge is 0.407 e. The van der Waals surface area contributed by atoms with Crippen molar-refractivity contribution in [1.29, 1.82) is 0 Å². The van der Waals surface area contributed by atoms with Crippen molar-refractivity contribution < 1.29 is 14.3 Å². The lowest BCUT2D eigenvalue weighted by molar-refractivity contribution is -0.0361. The molecule has 0 aromatic carbocycles. The molecule has 1 amide bonds. The summed E-state index contributed by atoms with van der Waals surface area (Å²) in [5.74, 6) is 0.823. The lowest BCUT2D eigenvalue weighted by Gasteiger charge is -2.44. The molecule has 7 nitrogen and oxygen atoms in total. The van der Waals surface area contributed by atoms with E-state index in [0.29, 0.717) is 23.5 Å². The van der Waals surface area contributed by atoms with Gasteiger partial charge in [-0.05, 0) is 52.5 Å². The minimum Gasteiger partial charge on any atom is -0.470 e. The number of nitrogens with zero attached hydrogens (tertiary/aromatic N) is 3. The quantitative estimate of drug-likeness (QED) is 0.896. The number of fused-ring (bicyclic) bond motifs is 1. The minimum absolute atomic E-state index is 0.331. The Morgan fingerprint density at radius 2 is 2.20 bits per heavy atom. The van der Waals surface area contributed by atoms with Gasteiger partial charge in [0.1, 0.15) is 16.7 Å². The van der Waals surface area contributed by atoms with Gasteiger partial charge in [-0.15, -0.1) is 0 Å². The zero-order valence-electron chi connectivity index (χ0n) is 14.9. The predicted molar refractivity (Wildman–Crippen MR) is 94.0 cm³/mol. The van der Waals surface area contributed by atoms with Gasteiger partial charge in [0, 0.05) is 6.54 Å². The van der Waals surface area contributed by atoms with Gasteiger partial charge >= 0.3 is 6.09 Å². The SMILES string of the molecule is CC(C)(C)OC(=O)NCC1CC(C)(Oc2nc(Cl)cn3nccc23)C1. The molecule has 1 N–H and O–H groups in total. The number of ether oxygens (including phenoxy) is 2. The summed E-state index contributed by atoms with van der Waals surface area (Å²) in [5, 5.41) is 7.30. The highest BCUT2D eigenvalue weighted by Gasteiger charge is 2.43. The Balaban J connectivity index is 1.54. The van der Waals surface area contributed by atoms with Gasteiger partial charge in [-0.25, -0.2) is 9.31 Å². The van der Waals surface area contributed by atoms with Crippen LogP contribution >= 0.6 is 11.6 Å². The molecule has 0 unspecified atom stereocenters. The Bertz CT molecular complexity index is 778. The molecule has 0 spiro atoms. The van der Waals surface area contributed by atoms with Gasteiger partial charge in [-0.2, -0.15) is 10.1 Å². The molecule has 8 heteroatoms. The Labute approximate surface area is 151 Å². The molecule has 0 bridgehead atoms. The Morgan fingerprint density at radius 1 is 1.48 bits per heavy atom. The Morgan fingerprint density at radius 3 is 2.88 bits per heavy atom. The van der Waals surface area contributed by atoms with Crippen LogP contribution in [0.1, 0.15) is 40.5 Å². The van der Waals surface area contributed by atoms with Crippen LogP contribution in [-0.4, -0.2) is 38.4 Å².